The number of phenolic OH excluding ortho intramolecular Hbond substituents is 1. The summed E-state index contributed by atoms with van der Waals surface area (Å²) in [5, 5.41) is 9.92. The van der Waals surface area contributed by atoms with Crippen molar-refractivity contribution in [3.63, 3.8) is 0 Å². The van der Waals surface area contributed by atoms with Crippen molar-refractivity contribution < 1.29 is 28.5 Å². The van der Waals surface area contributed by atoms with E-state index in [0.717, 1.165) is 5.56 Å². The number of rotatable bonds is 4. The lowest BCUT2D eigenvalue weighted by atomic mass is 9.85. The fourth-order valence-electron chi connectivity index (χ4n) is 4.25. The van der Waals surface area contributed by atoms with E-state index in [1.54, 1.807) is 44.6 Å². The van der Waals surface area contributed by atoms with Crippen molar-refractivity contribution in [3.05, 3.63) is 82.2 Å². The first-order valence-corrected chi connectivity index (χ1v) is 10.3. The molecular formula is C26H20O7. The molecular weight excluding hydrogens is 424 g/mol. The second-order valence-corrected chi connectivity index (χ2v) is 7.72. The van der Waals surface area contributed by atoms with Gasteiger partial charge in [0.05, 0.1) is 31.6 Å². The summed E-state index contributed by atoms with van der Waals surface area (Å²) in [6, 6.07) is 15.0. The first-order valence-electron chi connectivity index (χ1n) is 10.3. The first-order chi connectivity index (χ1) is 16.0. The zero-order valence-corrected chi connectivity index (χ0v) is 18.0. The fraction of sp³-hybridized carbons (Fsp3) is 0.154. The van der Waals surface area contributed by atoms with E-state index in [-0.39, 0.29) is 23.6 Å². The van der Waals surface area contributed by atoms with Crippen LogP contribution in [0.1, 0.15) is 23.5 Å². The minimum absolute atomic E-state index is 0.0883. The number of carbonyl (C=O) groups excluding carboxylic acids is 1. The van der Waals surface area contributed by atoms with Gasteiger partial charge in [0.1, 0.15) is 23.3 Å². The number of phenols is 1. The molecule has 2 heterocycles. The predicted octanol–water partition coefficient (Wildman–Crippen LogP) is 4.62. The van der Waals surface area contributed by atoms with Gasteiger partial charge >= 0.3 is 5.97 Å². The molecule has 1 N–H and O–H groups in total. The van der Waals surface area contributed by atoms with Crippen molar-refractivity contribution in [3.8, 4) is 34.1 Å². The smallest absolute Gasteiger partial charge is 0.312 e. The van der Waals surface area contributed by atoms with Crippen LogP contribution in [0.3, 0.4) is 0 Å². The molecule has 4 aromatic rings. The summed E-state index contributed by atoms with van der Waals surface area (Å²) < 4.78 is 22.2. The normalized spacial score (nSPS) is 15.1. The van der Waals surface area contributed by atoms with Gasteiger partial charge in [-0.25, -0.2) is 0 Å². The molecule has 1 aromatic heterocycles. The monoisotopic (exact) mass is 444 g/mol. The van der Waals surface area contributed by atoms with Gasteiger partial charge in [-0.3, -0.25) is 9.59 Å². The number of methoxy groups -OCH3 is 2. The Bertz CT molecular complexity index is 1430. The van der Waals surface area contributed by atoms with Gasteiger partial charge in [-0.15, -0.1) is 0 Å². The highest BCUT2D eigenvalue weighted by Crippen LogP contribution is 2.44. The molecule has 0 bridgehead atoms. The van der Waals surface area contributed by atoms with Gasteiger partial charge in [0, 0.05) is 11.5 Å². The van der Waals surface area contributed by atoms with Crippen LogP contribution in [0.4, 0.5) is 0 Å². The largest absolute Gasteiger partial charge is 0.508 e. The molecule has 7 nitrogen and oxygen atoms in total. The molecule has 166 valence electrons. The van der Waals surface area contributed by atoms with Gasteiger partial charge in [-0.1, -0.05) is 18.2 Å². The summed E-state index contributed by atoms with van der Waals surface area (Å²) in [7, 11) is 3.10. The Morgan fingerprint density at radius 2 is 1.70 bits per heavy atom. The summed E-state index contributed by atoms with van der Waals surface area (Å²) in [5.41, 5.74) is 2.60. The Labute approximate surface area is 188 Å². The van der Waals surface area contributed by atoms with Crippen LogP contribution in [0.5, 0.6) is 23.0 Å². The van der Waals surface area contributed by atoms with Crippen LogP contribution in [0.2, 0.25) is 0 Å². The van der Waals surface area contributed by atoms with E-state index in [2.05, 4.69) is 0 Å². The standard InChI is InChI=1S/C26H20O7/c1-30-20-9-5-15(11-22(20)31-2)18-12-23(28)33-21-10-8-17-25(29)19(13-32-26(17)24(18)21)14-3-6-16(27)7-4-14/h3-11,13,18,27H,12H2,1-2H3/t18-/m1/s1. The van der Waals surface area contributed by atoms with Gasteiger partial charge in [0.25, 0.3) is 0 Å². The number of fused-ring (bicyclic) bond motifs is 3. The Morgan fingerprint density at radius 3 is 2.42 bits per heavy atom. The summed E-state index contributed by atoms with van der Waals surface area (Å²) in [6.45, 7) is 0. The van der Waals surface area contributed by atoms with Gasteiger partial charge in [0.15, 0.2) is 11.5 Å². The zero-order valence-electron chi connectivity index (χ0n) is 18.0. The van der Waals surface area contributed by atoms with Crippen LogP contribution in [0.15, 0.2) is 70.1 Å². The summed E-state index contributed by atoms with van der Waals surface area (Å²) in [4.78, 5) is 25.7. The van der Waals surface area contributed by atoms with Crippen molar-refractivity contribution in [2.45, 2.75) is 12.3 Å². The van der Waals surface area contributed by atoms with E-state index >= 15 is 0 Å². The molecule has 7 heteroatoms. The number of aromatic hydroxyl groups is 1. The molecule has 0 fully saturated rings. The van der Waals surface area contributed by atoms with Crippen molar-refractivity contribution in [2.24, 2.45) is 0 Å². The maximum atomic E-state index is 13.3. The summed E-state index contributed by atoms with van der Waals surface area (Å²) in [6.07, 6.45) is 1.49. The highest BCUT2D eigenvalue weighted by atomic mass is 16.5. The molecule has 0 radical (unpaired) electrons. The van der Waals surface area contributed by atoms with Crippen molar-refractivity contribution in [1.29, 1.82) is 0 Å². The van der Waals surface area contributed by atoms with E-state index in [1.807, 2.05) is 12.1 Å². The van der Waals surface area contributed by atoms with Crippen LogP contribution in [0, 0.1) is 0 Å². The van der Waals surface area contributed by atoms with Gasteiger partial charge < -0.3 is 23.7 Å². The average Bonchev–Trinajstić information content (AvgIpc) is 2.83. The van der Waals surface area contributed by atoms with Crippen molar-refractivity contribution in [1.82, 2.24) is 0 Å². The molecule has 5 rings (SSSR count). The first kappa shape index (κ1) is 20.6. The van der Waals surface area contributed by atoms with Crippen LogP contribution < -0.4 is 19.6 Å². The van der Waals surface area contributed by atoms with Gasteiger partial charge in [-0.05, 0) is 47.5 Å². The number of ether oxygens (including phenoxy) is 3. The van der Waals surface area contributed by atoms with Crippen molar-refractivity contribution in [2.75, 3.05) is 14.2 Å². The second-order valence-electron chi connectivity index (χ2n) is 7.72. The number of esters is 1. The predicted molar refractivity (Wildman–Crippen MR) is 121 cm³/mol. The topological polar surface area (TPSA) is 95.2 Å². The maximum Gasteiger partial charge on any atom is 0.312 e. The number of hydrogen-bond acceptors (Lipinski definition) is 7. The molecule has 0 spiro atoms. The minimum Gasteiger partial charge on any atom is -0.508 e. The molecule has 0 aliphatic carbocycles. The van der Waals surface area contributed by atoms with E-state index in [0.29, 0.717) is 44.9 Å². The molecule has 0 unspecified atom stereocenters. The van der Waals surface area contributed by atoms with Crippen LogP contribution >= 0.6 is 0 Å². The Kier molecular flexibility index (Phi) is 5.01. The Morgan fingerprint density at radius 1 is 0.939 bits per heavy atom. The fourth-order valence-corrected chi connectivity index (χ4v) is 4.25. The lowest BCUT2D eigenvalue weighted by Crippen LogP contribution is -2.22. The third-order valence-electron chi connectivity index (χ3n) is 5.87. The van der Waals surface area contributed by atoms with Crippen LogP contribution in [0.25, 0.3) is 22.1 Å². The SMILES string of the molecule is COc1ccc([C@H]2CC(=O)Oc3ccc4c(=O)c(-c5ccc(O)cc5)coc4c32)cc1OC. The molecule has 0 amide bonds. The lowest BCUT2D eigenvalue weighted by molar-refractivity contribution is -0.135. The molecule has 1 atom stereocenters. The Balaban J connectivity index is 1.70. The van der Waals surface area contributed by atoms with Crippen LogP contribution in [-0.4, -0.2) is 25.3 Å². The highest BCUT2D eigenvalue weighted by molar-refractivity contribution is 5.90. The molecule has 1 aliphatic rings. The van der Waals surface area contributed by atoms with Gasteiger partial charge in [-0.2, -0.15) is 0 Å². The molecule has 3 aromatic carbocycles. The number of hydrogen-bond donors (Lipinski definition) is 1. The number of carbonyl (C=O) groups is 1. The number of benzene rings is 3. The van der Waals surface area contributed by atoms with E-state index in [4.69, 9.17) is 18.6 Å². The third-order valence-corrected chi connectivity index (χ3v) is 5.87. The molecule has 0 saturated heterocycles. The molecule has 1 aliphatic heterocycles. The lowest BCUT2D eigenvalue weighted by Gasteiger charge is -2.26. The second kappa shape index (κ2) is 8.02. The van der Waals surface area contributed by atoms with E-state index in [1.165, 1.54) is 18.4 Å². The van der Waals surface area contributed by atoms with E-state index in [9.17, 15) is 14.7 Å². The summed E-state index contributed by atoms with van der Waals surface area (Å²) in [5.74, 6) is 0.809. The summed E-state index contributed by atoms with van der Waals surface area (Å²) >= 11 is 0. The van der Waals surface area contributed by atoms with Crippen molar-refractivity contribution >= 4 is 16.9 Å². The Hall–Kier alpha value is -4.26. The zero-order chi connectivity index (χ0) is 23.1. The van der Waals surface area contributed by atoms with E-state index < -0.39 is 5.92 Å². The molecule has 33 heavy (non-hydrogen) atoms. The average molecular weight is 444 g/mol. The third kappa shape index (κ3) is 3.47. The van der Waals surface area contributed by atoms with Crippen LogP contribution in [-0.2, 0) is 4.79 Å². The molecule has 0 saturated carbocycles. The van der Waals surface area contributed by atoms with Gasteiger partial charge in [0.2, 0.25) is 5.43 Å². The maximum absolute atomic E-state index is 13.3. The highest BCUT2D eigenvalue weighted by Gasteiger charge is 2.32. The quantitative estimate of drug-likeness (QED) is 0.362. The minimum atomic E-state index is -0.396.